The summed E-state index contributed by atoms with van der Waals surface area (Å²) in [5.41, 5.74) is 0. The smallest absolute Gasteiger partial charge is 0.0880 e. The minimum Gasteiger partial charge on any atom is -0.513 e. The van der Waals surface area contributed by atoms with E-state index in [1.807, 2.05) is 6.92 Å². The van der Waals surface area contributed by atoms with Gasteiger partial charge in [-0.15, -0.1) is 0 Å². The molecule has 0 atom stereocenters. The van der Waals surface area contributed by atoms with E-state index in [9.17, 15) is 0 Å². The second-order valence-electron chi connectivity index (χ2n) is 1.83. The summed E-state index contributed by atoms with van der Waals surface area (Å²) in [5.74, 6) is 0.428. The van der Waals surface area contributed by atoms with Crippen molar-refractivity contribution in [2.75, 3.05) is 0 Å². The molecule has 0 aliphatic heterocycles. The van der Waals surface area contributed by atoms with Crippen molar-refractivity contribution in [2.45, 2.75) is 26.2 Å². The average Bonchev–Trinajstić information content (AvgIpc) is 1.89. The third-order valence-corrected chi connectivity index (χ3v) is 1.05. The monoisotopic (exact) mass is 127 g/mol. The zero-order valence-corrected chi connectivity index (χ0v) is 5.72. The summed E-state index contributed by atoms with van der Waals surface area (Å²) in [4.78, 5) is 0. The minimum absolute atomic E-state index is 0.428. The van der Waals surface area contributed by atoms with Crippen LogP contribution in [0.1, 0.15) is 26.2 Å². The van der Waals surface area contributed by atoms with Crippen molar-refractivity contribution in [3.05, 3.63) is 11.8 Å². The highest BCUT2D eigenvalue weighted by Gasteiger charge is 1.84. The Morgan fingerprint density at radius 2 is 2.22 bits per heavy atom. The summed E-state index contributed by atoms with van der Waals surface area (Å²) in [6.07, 6.45) is 5.30. The fourth-order valence-corrected chi connectivity index (χ4v) is 0.478. The van der Waals surface area contributed by atoms with Crippen molar-refractivity contribution in [1.82, 2.24) is 0 Å². The maximum Gasteiger partial charge on any atom is 0.0880 e. The van der Waals surface area contributed by atoms with Crippen LogP contribution in [0.15, 0.2) is 11.8 Å². The zero-order chi connectivity index (χ0) is 7.11. The summed E-state index contributed by atoms with van der Waals surface area (Å²) in [6.45, 7) is 1.90. The molecule has 0 unspecified atom stereocenters. The number of unbranched alkanes of at least 4 members (excludes halogenated alkanes) is 1. The molecule has 0 spiro atoms. The van der Waals surface area contributed by atoms with E-state index in [0.29, 0.717) is 12.2 Å². The number of hydrogen-bond donors (Lipinski definition) is 2. The quantitative estimate of drug-likeness (QED) is 0.339. The average molecular weight is 127 g/mol. The molecule has 52 valence electrons. The van der Waals surface area contributed by atoms with Crippen LogP contribution in [0.2, 0.25) is 0 Å². The first-order valence-electron chi connectivity index (χ1n) is 3.18. The molecule has 0 aliphatic rings. The largest absolute Gasteiger partial charge is 0.513 e. The fourth-order valence-electron chi connectivity index (χ4n) is 0.478. The van der Waals surface area contributed by atoms with Gasteiger partial charge in [-0.2, -0.15) is 0 Å². The van der Waals surface area contributed by atoms with Crippen LogP contribution < -0.4 is 0 Å². The molecular weight excluding hydrogens is 114 g/mol. The Hall–Kier alpha value is -0.790. The van der Waals surface area contributed by atoms with Crippen LogP contribution in [0.3, 0.4) is 0 Å². The van der Waals surface area contributed by atoms with Gasteiger partial charge in [-0.3, -0.25) is 0 Å². The van der Waals surface area contributed by atoms with Crippen LogP contribution in [0.5, 0.6) is 0 Å². The second kappa shape index (κ2) is 5.35. The van der Waals surface area contributed by atoms with Gasteiger partial charge in [0.1, 0.15) is 0 Å². The molecule has 0 aromatic carbocycles. The van der Waals surface area contributed by atoms with E-state index in [1.165, 1.54) is 6.21 Å². The molecule has 0 saturated carbocycles. The minimum atomic E-state index is 0.428. The van der Waals surface area contributed by atoms with E-state index >= 15 is 0 Å². The predicted molar refractivity (Wildman–Crippen MR) is 39.0 cm³/mol. The maximum absolute atomic E-state index is 8.87. The first-order valence-corrected chi connectivity index (χ1v) is 3.18. The van der Waals surface area contributed by atoms with Crippen molar-refractivity contribution < 1.29 is 5.11 Å². The highest BCUT2D eigenvalue weighted by Crippen LogP contribution is 1.97. The lowest BCUT2D eigenvalue weighted by molar-refractivity contribution is 0.392. The lowest BCUT2D eigenvalue weighted by atomic mass is 10.2. The van der Waals surface area contributed by atoms with E-state index in [-0.39, 0.29) is 0 Å². The lowest BCUT2D eigenvalue weighted by Crippen LogP contribution is -1.77. The van der Waals surface area contributed by atoms with Gasteiger partial charge in [0.05, 0.1) is 5.76 Å². The molecule has 0 aliphatic carbocycles. The van der Waals surface area contributed by atoms with Crippen molar-refractivity contribution in [3.63, 3.8) is 0 Å². The van der Waals surface area contributed by atoms with Crippen molar-refractivity contribution in [2.24, 2.45) is 0 Å². The van der Waals surface area contributed by atoms with Gasteiger partial charge in [0.25, 0.3) is 0 Å². The van der Waals surface area contributed by atoms with Crippen LogP contribution in [0.25, 0.3) is 0 Å². The van der Waals surface area contributed by atoms with E-state index in [2.05, 4.69) is 0 Å². The molecule has 0 bridgehead atoms. The number of rotatable bonds is 4. The summed E-state index contributed by atoms with van der Waals surface area (Å²) in [6, 6.07) is 0. The first kappa shape index (κ1) is 8.21. The number of nitrogens with one attached hydrogen (secondary N) is 1. The third-order valence-electron chi connectivity index (χ3n) is 1.05. The molecule has 9 heavy (non-hydrogen) atoms. The van der Waals surface area contributed by atoms with E-state index in [1.54, 1.807) is 6.08 Å². The van der Waals surface area contributed by atoms with Gasteiger partial charge >= 0.3 is 0 Å². The molecule has 0 amide bonds. The Morgan fingerprint density at radius 1 is 1.56 bits per heavy atom. The maximum atomic E-state index is 8.87. The molecule has 0 heterocycles. The zero-order valence-electron chi connectivity index (χ0n) is 5.72. The van der Waals surface area contributed by atoms with Crippen molar-refractivity contribution in [1.29, 1.82) is 5.41 Å². The molecule has 0 aromatic heterocycles. The molecule has 2 nitrogen and oxygen atoms in total. The van der Waals surface area contributed by atoms with Gasteiger partial charge in [-0.05, 0) is 25.1 Å². The van der Waals surface area contributed by atoms with Crippen LogP contribution in [-0.2, 0) is 0 Å². The number of allylic oxidation sites excluding steroid dienone is 2. The van der Waals surface area contributed by atoms with Gasteiger partial charge in [-0.25, -0.2) is 0 Å². The molecule has 2 N–H and O–H groups in total. The second-order valence-corrected chi connectivity index (χ2v) is 1.83. The van der Waals surface area contributed by atoms with Gasteiger partial charge in [-0.1, -0.05) is 6.92 Å². The van der Waals surface area contributed by atoms with Crippen LogP contribution in [0, 0.1) is 5.41 Å². The summed E-state index contributed by atoms with van der Waals surface area (Å²) >= 11 is 0. The van der Waals surface area contributed by atoms with Crippen LogP contribution in [-0.4, -0.2) is 11.3 Å². The standard InChI is InChI=1S/C7H13NO/c1-2-7(9)5-3-4-6-8/h5-6,8-9H,2-4H2,1H3/b7-5+,8-6?. The Kier molecular flexibility index (Phi) is 4.88. The summed E-state index contributed by atoms with van der Waals surface area (Å²) < 4.78 is 0. The Balaban J connectivity index is 3.31. The fraction of sp³-hybridized carbons (Fsp3) is 0.571. The molecule has 0 radical (unpaired) electrons. The number of aliphatic hydroxyl groups is 1. The third kappa shape index (κ3) is 5.07. The Bertz CT molecular complexity index is 107. The molecule has 2 heteroatoms. The molecule has 0 saturated heterocycles. The normalized spacial score (nSPS) is 11.4. The van der Waals surface area contributed by atoms with Crippen LogP contribution in [0.4, 0.5) is 0 Å². The van der Waals surface area contributed by atoms with Gasteiger partial charge in [0, 0.05) is 6.42 Å². The Morgan fingerprint density at radius 3 is 2.67 bits per heavy atom. The molecular formula is C7H13NO. The van der Waals surface area contributed by atoms with E-state index < -0.39 is 0 Å². The Labute approximate surface area is 55.7 Å². The summed E-state index contributed by atoms with van der Waals surface area (Å²) in [5, 5.41) is 15.5. The van der Waals surface area contributed by atoms with Gasteiger partial charge < -0.3 is 10.5 Å². The van der Waals surface area contributed by atoms with E-state index in [0.717, 1.165) is 12.8 Å². The highest BCUT2D eigenvalue weighted by molar-refractivity contribution is 5.52. The van der Waals surface area contributed by atoms with Crippen LogP contribution >= 0.6 is 0 Å². The summed E-state index contributed by atoms with van der Waals surface area (Å²) in [7, 11) is 0. The van der Waals surface area contributed by atoms with E-state index in [4.69, 9.17) is 10.5 Å². The van der Waals surface area contributed by atoms with Crippen molar-refractivity contribution >= 4 is 6.21 Å². The first-order chi connectivity index (χ1) is 4.31. The highest BCUT2D eigenvalue weighted by atomic mass is 16.3. The molecule has 0 aromatic rings. The molecule has 0 fully saturated rings. The van der Waals surface area contributed by atoms with Crippen molar-refractivity contribution in [3.8, 4) is 0 Å². The van der Waals surface area contributed by atoms with Gasteiger partial charge in [0.15, 0.2) is 0 Å². The molecule has 0 rings (SSSR count). The SMILES string of the molecule is CC/C(O)=C\CCC=N. The number of aliphatic hydroxyl groups excluding tert-OH is 1. The predicted octanol–water partition coefficient (Wildman–Crippen LogP) is 2.27. The van der Waals surface area contributed by atoms with Gasteiger partial charge in [0.2, 0.25) is 0 Å². The lowest BCUT2D eigenvalue weighted by Gasteiger charge is -1.90. The topological polar surface area (TPSA) is 44.1 Å². The number of hydrogen-bond acceptors (Lipinski definition) is 2.